The molecule has 114 valence electrons. The van der Waals surface area contributed by atoms with Crippen molar-refractivity contribution in [3.05, 3.63) is 63.7 Å². The summed E-state index contributed by atoms with van der Waals surface area (Å²) >= 11 is 0. The molecular weight excluding hydrogens is 284 g/mol. The zero-order valence-corrected chi connectivity index (χ0v) is 12.3. The van der Waals surface area contributed by atoms with Crippen LogP contribution in [0.1, 0.15) is 11.1 Å². The molecule has 2 rings (SSSR count). The van der Waals surface area contributed by atoms with Gasteiger partial charge >= 0.3 is 0 Å². The molecule has 0 unspecified atom stereocenters. The minimum atomic E-state index is -0.541. The van der Waals surface area contributed by atoms with Crippen molar-refractivity contribution in [2.75, 3.05) is 11.9 Å². The Labute approximate surface area is 127 Å². The minimum Gasteiger partial charge on any atom is -0.483 e. The fourth-order valence-corrected chi connectivity index (χ4v) is 1.95. The number of aryl methyl sites for hydroxylation is 1. The number of hydrogen-bond acceptors (Lipinski definition) is 4. The van der Waals surface area contributed by atoms with E-state index in [9.17, 15) is 14.9 Å². The number of ether oxygens (including phenoxy) is 1. The van der Waals surface area contributed by atoms with Gasteiger partial charge in [-0.2, -0.15) is 0 Å². The molecule has 22 heavy (non-hydrogen) atoms. The topological polar surface area (TPSA) is 81.5 Å². The molecule has 0 radical (unpaired) electrons. The van der Waals surface area contributed by atoms with Crippen LogP contribution in [0.4, 0.5) is 11.4 Å². The van der Waals surface area contributed by atoms with Gasteiger partial charge in [0.25, 0.3) is 11.6 Å². The first-order chi connectivity index (χ1) is 10.5. The predicted molar refractivity (Wildman–Crippen MR) is 83.1 cm³/mol. The van der Waals surface area contributed by atoms with Crippen LogP contribution in [0.15, 0.2) is 42.5 Å². The van der Waals surface area contributed by atoms with Crippen LogP contribution in [0.25, 0.3) is 0 Å². The van der Waals surface area contributed by atoms with Crippen LogP contribution in [0.3, 0.4) is 0 Å². The summed E-state index contributed by atoms with van der Waals surface area (Å²) < 4.78 is 5.47. The number of hydrogen-bond donors (Lipinski definition) is 1. The van der Waals surface area contributed by atoms with E-state index in [1.807, 2.05) is 26.0 Å². The van der Waals surface area contributed by atoms with Crippen LogP contribution in [0, 0.1) is 24.0 Å². The van der Waals surface area contributed by atoms with Gasteiger partial charge in [-0.1, -0.05) is 24.3 Å². The Hall–Kier alpha value is -2.89. The SMILES string of the molecule is Cc1cccc(OCC(=O)Nc2ccccc2[N+](=O)[O-])c1C. The molecule has 1 N–H and O–H groups in total. The summed E-state index contributed by atoms with van der Waals surface area (Å²) in [7, 11) is 0. The number of carbonyl (C=O) groups excluding carboxylic acids is 1. The average molecular weight is 300 g/mol. The second-order valence-corrected chi connectivity index (χ2v) is 4.81. The summed E-state index contributed by atoms with van der Waals surface area (Å²) in [6.45, 7) is 3.65. The lowest BCUT2D eigenvalue weighted by Gasteiger charge is -2.11. The number of nitrogens with one attached hydrogen (secondary N) is 1. The van der Waals surface area contributed by atoms with E-state index in [-0.39, 0.29) is 18.0 Å². The number of amides is 1. The highest BCUT2D eigenvalue weighted by atomic mass is 16.6. The summed E-state index contributed by atoms with van der Waals surface area (Å²) in [5.74, 6) is 0.174. The van der Waals surface area contributed by atoms with Gasteiger partial charge in [0.2, 0.25) is 0 Å². The van der Waals surface area contributed by atoms with Crippen molar-refractivity contribution in [2.24, 2.45) is 0 Å². The zero-order valence-electron chi connectivity index (χ0n) is 12.3. The Morgan fingerprint density at radius 1 is 1.18 bits per heavy atom. The van der Waals surface area contributed by atoms with Crippen LogP contribution >= 0.6 is 0 Å². The molecule has 0 fully saturated rings. The van der Waals surface area contributed by atoms with Gasteiger partial charge < -0.3 is 10.1 Å². The number of nitro benzene ring substituents is 1. The lowest BCUT2D eigenvalue weighted by atomic mass is 10.1. The maximum Gasteiger partial charge on any atom is 0.292 e. The summed E-state index contributed by atoms with van der Waals surface area (Å²) in [6.07, 6.45) is 0. The highest BCUT2D eigenvalue weighted by Gasteiger charge is 2.15. The van der Waals surface area contributed by atoms with Crippen LogP contribution in [0.5, 0.6) is 5.75 Å². The van der Waals surface area contributed by atoms with E-state index in [2.05, 4.69) is 5.32 Å². The molecule has 0 aromatic heterocycles. The Morgan fingerprint density at radius 3 is 2.64 bits per heavy atom. The Morgan fingerprint density at radius 2 is 1.91 bits per heavy atom. The molecule has 6 nitrogen and oxygen atoms in total. The van der Waals surface area contributed by atoms with Crippen LogP contribution in [-0.2, 0) is 4.79 Å². The van der Waals surface area contributed by atoms with Crippen molar-refractivity contribution in [1.82, 2.24) is 0 Å². The van der Waals surface area contributed by atoms with Crippen molar-refractivity contribution in [3.8, 4) is 5.75 Å². The first-order valence-electron chi connectivity index (χ1n) is 6.71. The molecule has 0 spiro atoms. The minimum absolute atomic E-state index is 0.150. The molecule has 0 aliphatic rings. The van der Waals surface area contributed by atoms with Gasteiger partial charge in [0.15, 0.2) is 6.61 Å². The van der Waals surface area contributed by atoms with E-state index in [1.165, 1.54) is 12.1 Å². The first-order valence-corrected chi connectivity index (χ1v) is 6.71. The molecule has 0 saturated heterocycles. The van der Waals surface area contributed by atoms with E-state index in [0.717, 1.165) is 11.1 Å². The van der Waals surface area contributed by atoms with Gasteiger partial charge in [-0.05, 0) is 37.1 Å². The summed E-state index contributed by atoms with van der Waals surface area (Å²) in [5, 5.41) is 13.4. The Kier molecular flexibility index (Phi) is 4.73. The molecule has 1 amide bonds. The number of benzene rings is 2. The molecule has 6 heteroatoms. The summed E-state index contributed by atoms with van der Waals surface area (Å²) in [6, 6.07) is 11.6. The van der Waals surface area contributed by atoms with Crippen LogP contribution in [0.2, 0.25) is 0 Å². The smallest absolute Gasteiger partial charge is 0.292 e. The van der Waals surface area contributed by atoms with Gasteiger partial charge in [-0.25, -0.2) is 0 Å². The van der Waals surface area contributed by atoms with Gasteiger partial charge in [0.05, 0.1) is 4.92 Å². The van der Waals surface area contributed by atoms with Gasteiger partial charge in [0, 0.05) is 6.07 Å². The fourth-order valence-electron chi connectivity index (χ4n) is 1.95. The maximum absolute atomic E-state index is 11.9. The molecule has 0 aliphatic carbocycles. The monoisotopic (exact) mass is 300 g/mol. The number of nitro groups is 1. The number of carbonyl (C=O) groups is 1. The summed E-state index contributed by atoms with van der Waals surface area (Å²) in [5.41, 5.74) is 2.03. The normalized spacial score (nSPS) is 10.1. The average Bonchev–Trinajstić information content (AvgIpc) is 2.49. The molecule has 2 aromatic carbocycles. The number of rotatable bonds is 5. The second kappa shape index (κ2) is 6.71. The third-order valence-corrected chi connectivity index (χ3v) is 3.29. The number of nitrogens with zero attached hydrogens (tertiary/aromatic N) is 1. The van der Waals surface area contributed by atoms with E-state index in [1.54, 1.807) is 18.2 Å². The molecule has 0 saturated carbocycles. The van der Waals surface area contributed by atoms with Gasteiger partial charge in [0.1, 0.15) is 11.4 Å². The lowest BCUT2D eigenvalue weighted by Crippen LogP contribution is -2.21. The summed E-state index contributed by atoms with van der Waals surface area (Å²) in [4.78, 5) is 22.2. The lowest BCUT2D eigenvalue weighted by molar-refractivity contribution is -0.383. The predicted octanol–water partition coefficient (Wildman–Crippen LogP) is 3.23. The molecule has 0 bridgehead atoms. The van der Waals surface area contributed by atoms with E-state index in [4.69, 9.17) is 4.74 Å². The van der Waals surface area contributed by atoms with Crippen molar-refractivity contribution in [3.63, 3.8) is 0 Å². The number of para-hydroxylation sites is 2. The first kappa shape index (κ1) is 15.5. The largest absolute Gasteiger partial charge is 0.483 e. The van der Waals surface area contributed by atoms with Gasteiger partial charge in [-0.3, -0.25) is 14.9 Å². The molecule has 0 atom stereocenters. The van der Waals surface area contributed by atoms with E-state index < -0.39 is 10.8 Å². The van der Waals surface area contributed by atoms with E-state index in [0.29, 0.717) is 5.75 Å². The van der Waals surface area contributed by atoms with E-state index >= 15 is 0 Å². The quantitative estimate of drug-likeness (QED) is 0.679. The molecular formula is C16H16N2O4. The second-order valence-electron chi connectivity index (χ2n) is 4.81. The Balaban J connectivity index is 2.02. The Bertz CT molecular complexity index is 713. The van der Waals surface area contributed by atoms with Gasteiger partial charge in [-0.15, -0.1) is 0 Å². The third kappa shape index (κ3) is 3.60. The third-order valence-electron chi connectivity index (χ3n) is 3.29. The highest BCUT2D eigenvalue weighted by molar-refractivity contribution is 5.94. The standard InChI is InChI=1S/C16H16N2O4/c1-11-6-5-9-15(12(11)2)22-10-16(19)17-13-7-3-4-8-14(13)18(20)21/h3-9H,10H2,1-2H3,(H,17,19). The van der Waals surface area contributed by atoms with Crippen molar-refractivity contribution < 1.29 is 14.5 Å². The zero-order chi connectivity index (χ0) is 16.1. The molecule has 0 heterocycles. The van der Waals surface area contributed by atoms with Crippen molar-refractivity contribution >= 4 is 17.3 Å². The van der Waals surface area contributed by atoms with Crippen molar-refractivity contribution in [2.45, 2.75) is 13.8 Å². The maximum atomic E-state index is 11.9. The van der Waals surface area contributed by atoms with Crippen molar-refractivity contribution in [1.29, 1.82) is 0 Å². The molecule has 0 aliphatic heterocycles. The van der Waals surface area contributed by atoms with Crippen LogP contribution < -0.4 is 10.1 Å². The van der Waals surface area contributed by atoms with Crippen LogP contribution in [-0.4, -0.2) is 17.4 Å². The number of anilines is 1. The highest BCUT2D eigenvalue weighted by Crippen LogP contribution is 2.23. The molecule has 2 aromatic rings. The fraction of sp³-hybridized carbons (Fsp3) is 0.188.